The average molecular weight is 285 g/mol. The average Bonchev–Trinajstić information content (AvgIpc) is 2.76. The summed E-state index contributed by atoms with van der Waals surface area (Å²) in [5, 5.41) is 3.01. The quantitative estimate of drug-likeness (QED) is 0.779. The Bertz CT molecular complexity index is 549. The number of urea groups is 1. The van der Waals surface area contributed by atoms with E-state index in [1.807, 2.05) is 30.0 Å². The van der Waals surface area contributed by atoms with E-state index in [4.69, 9.17) is 5.73 Å². The molecule has 0 bridgehead atoms. The first kappa shape index (κ1) is 15.4. The van der Waals surface area contributed by atoms with Crippen LogP contribution < -0.4 is 11.1 Å². The van der Waals surface area contributed by atoms with E-state index in [2.05, 4.69) is 17.2 Å². The smallest absolute Gasteiger partial charge is 0.321 e. The van der Waals surface area contributed by atoms with Crippen LogP contribution in [0.2, 0.25) is 0 Å². The van der Waals surface area contributed by atoms with Crippen LogP contribution in [0.3, 0.4) is 0 Å². The summed E-state index contributed by atoms with van der Waals surface area (Å²) in [6, 6.07) is 5.79. The van der Waals surface area contributed by atoms with E-state index in [0.717, 1.165) is 42.7 Å². The third kappa shape index (κ3) is 4.51. The summed E-state index contributed by atoms with van der Waals surface area (Å²) in [5.41, 5.74) is 8.16. The highest BCUT2D eigenvalue weighted by molar-refractivity contribution is 5.90. The van der Waals surface area contributed by atoms with Crippen LogP contribution >= 0.6 is 0 Å². The van der Waals surface area contributed by atoms with Crippen LogP contribution in [0.5, 0.6) is 0 Å². The Kier molecular flexibility index (Phi) is 5.65. The minimum atomic E-state index is 0.000734. The molecule has 4 heteroatoms. The van der Waals surface area contributed by atoms with Crippen molar-refractivity contribution in [3.63, 3.8) is 0 Å². The molecule has 1 saturated heterocycles. The number of aryl methyl sites for hydroxylation is 1. The monoisotopic (exact) mass is 285 g/mol. The van der Waals surface area contributed by atoms with Crippen LogP contribution in [0.1, 0.15) is 36.8 Å². The fourth-order valence-electron chi connectivity index (χ4n) is 2.50. The number of likely N-dealkylation sites (tertiary alicyclic amines) is 1. The number of hydrogen-bond acceptors (Lipinski definition) is 2. The lowest BCUT2D eigenvalue weighted by molar-refractivity contribution is 0.213. The Morgan fingerprint density at radius 3 is 2.62 bits per heavy atom. The van der Waals surface area contributed by atoms with Crippen LogP contribution in [0.25, 0.3) is 0 Å². The molecule has 2 amide bonds. The van der Waals surface area contributed by atoms with Gasteiger partial charge < -0.3 is 16.0 Å². The Morgan fingerprint density at radius 1 is 1.29 bits per heavy atom. The van der Waals surface area contributed by atoms with Gasteiger partial charge in [-0.05, 0) is 43.5 Å². The highest BCUT2D eigenvalue weighted by atomic mass is 16.2. The largest absolute Gasteiger partial charge is 0.325 e. The van der Waals surface area contributed by atoms with E-state index in [9.17, 15) is 4.79 Å². The molecule has 0 spiro atoms. The Morgan fingerprint density at radius 2 is 2.00 bits per heavy atom. The standard InChI is InChI=1S/C17H23N3O/c1-14-13-15(7-6-10-18)8-9-16(14)19-17(21)20-11-4-2-3-5-12-20/h8-9,13H,2-5,10-12,18H2,1H3,(H,19,21). The lowest BCUT2D eigenvalue weighted by Gasteiger charge is -2.21. The second-order valence-corrected chi connectivity index (χ2v) is 5.37. The zero-order chi connectivity index (χ0) is 15.1. The van der Waals surface area contributed by atoms with Crippen LogP contribution in [0.4, 0.5) is 10.5 Å². The van der Waals surface area contributed by atoms with Gasteiger partial charge in [0.25, 0.3) is 0 Å². The molecule has 1 aromatic carbocycles. The molecule has 2 rings (SSSR count). The highest BCUT2D eigenvalue weighted by Crippen LogP contribution is 2.18. The molecule has 1 aliphatic heterocycles. The number of amides is 2. The maximum Gasteiger partial charge on any atom is 0.321 e. The number of nitrogens with one attached hydrogen (secondary N) is 1. The van der Waals surface area contributed by atoms with Gasteiger partial charge in [-0.15, -0.1) is 0 Å². The molecule has 0 aromatic heterocycles. The Labute approximate surface area is 126 Å². The molecule has 1 heterocycles. The van der Waals surface area contributed by atoms with Crippen LogP contribution in [0.15, 0.2) is 18.2 Å². The minimum Gasteiger partial charge on any atom is -0.325 e. The maximum atomic E-state index is 12.3. The molecular weight excluding hydrogens is 262 g/mol. The predicted molar refractivity (Wildman–Crippen MR) is 86.2 cm³/mol. The van der Waals surface area contributed by atoms with E-state index in [1.165, 1.54) is 12.8 Å². The molecule has 4 nitrogen and oxygen atoms in total. The SMILES string of the molecule is Cc1cc(C#CCN)ccc1NC(=O)N1CCCCCC1. The topological polar surface area (TPSA) is 58.4 Å². The highest BCUT2D eigenvalue weighted by Gasteiger charge is 2.15. The Balaban J connectivity index is 2.03. The first-order chi connectivity index (χ1) is 10.2. The lowest BCUT2D eigenvalue weighted by atomic mass is 10.1. The molecule has 3 N–H and O–H groups in total. The molecule has 0 radical (unpaired) electrons. The molecular formula is C17H23N3O. The Hall–Kier alpha value is -1.99. The number of carbonyl (C=O) groups is 1. The van der Waals surface area contributed by atoms with Gasteiger partial charge in [0.05, 0.1) is 6.54 Å². The summed E-state index contributed by atoms with van der Waals surface area (Å²) < 4.78 is 0. The number of rotatable bonds is 1. The van der Waals surface area contributed by atoms with Crippen molar-refractivity contribution in [2.24, 2.45) is 5.73 Å². The number of nitrogens with zero attached hydrogens (tertiary/aromatic N) is 1. The molecule has 0 aliphatic carbocycles. The number of hydrogen-bond donors (Lipinski definition) is 2. The lowest BCUT2D eigenvalue weighted by Crippen LogP contribution is -2.35. The van der Waals surface area contributed by atoms with Crippen molar-refractivity contribution in [2.75, 3.05) is 25.0 Å². The summed E-state index contributed by atoms with van der Waals surface area (Å²) in [4.78, 5) is 14.2. The van der Waals surface area contributed by atoms with Gasteiger partial charge >= 0.3 is 6.03 Å². The number of benzene rings is 1. The summed E-state index contributed by atoms with van der Waals surface area (Å²) in [7, 11) is 0. The van der Waals surface area contributed by atoms with Crippen molar-refractivity contribution >= 4 is 11.7 Å². The van der Waals surface area contributed by atoms with Crippen LogP contribution in [0, 0.1) is 18.8 Å². The van der Waals surface area contributed by atoms with Crippen LogP contribution in [-0.2, 0) is 0 Å². The molecule has 112 valence electrons. The first-order valence-corrected chi connectivity index (χ1v) is 7.56. The third-order valence-electron chi connectivity index (χ3n) is 3.70. The predicted octanol–water partition coefficient (Wildman–Crippen LogP) is 2.71. The molecule has 0 saturated carbocycles. The van der Waals surface area contributed by atoms with E-state index in [-0.39, 0.29) is 6.03 Å². The van der Waals surface area contributed by atoms with Gasteiger partial charge in [0.15, 0.2) is 0 Å². The van der Waals surface area contributed by atoms with Gasteiger partial charge in [0.2, 0.25) is 0 Å². The van der Waals surface area contributed by atoms with Crippen molar-refractivity contribution < 1.29 is 4.79 Å². The second kappa shape index (κ2) is 7.70. The minimum absolute atomic E-state index is 0.000734. The molecule has 1 aliphatic rings. The summed E-state index contributed by atoms with van der Waals surface area (Å²) >= 11 is 0. The maximum absolute atomic E-state index is 12.3. The van der Waals surface area contributed by atoms with Crippen molar-refractivity contribution in [1.82, 2.24) is 4.90 Å². The summed E-state index contributed by atoms with van der Waals surface area (Å²) in [6.07, 6.45) is 4.63. The van der Waals surface area contributed by atoms with Crippen LogP contribution in [-0.4, -0.2) is 30.6 Å². The van der Waals surface area contributed by atoms with E-state index in [1.54, 1.807) is 0 Å². The fraction of sp³-hybridized carbons (Fsp3) is 0.471. The zero-order valence-corrected chi connectivity index (χ0v) is 12.6. The molecule has 1 fully saturated rings. The van der Waals surface area contributed by atoms with Gasteiger partial charge in [-0.25, -0.2) is 4.79 Å². The summed E-state index contributed by atoms with van der Waals surface area (Å²) in [6.45, 7) is 4.04. The van der Waals surface area contributed by atoms with Gasteiger partial charge in [-0.3, -0.25) is 0 Å². The van der Waals surface area contributed by atoms with Gasteiger partial charge in [-0.1, -0.05) is 24.7 Å². The van der Waals surface area contributed by atoms with E-state index >= 15 is 0 Å². The molecule has 21 heavy (non-hydrogen) atoms. The van der Waals surface area contributed by atoms with Gasteiger partial charge in [0, 0.05) is 24.3 Å². The molecule has 1 aromatic rings. The fourth-order valence-corrected chi connectivity index (χ4v) is 2.50. The molecule has 0 atom stereocenters. The van der Waals surface area contributed by atoms with Crippen molar-refractivity contribution in [3.8, 4) is 11.8 Å². The van der Waals surface area contributed by atoms with E-state index < -0.39 is 0 Å². The van der Waals surface area contributed by atoms with Gasteiger partial charge in [0.1, 0.15) is 0 Å². The van der Waals surface area contributed by atoms with Crippen molar-refractivity contribution in [3.05, 3.63) is 29.3 Å². The first-order valence-electron chi connectivity index (χ1n) is 7.56. The third-order valence-corrected chi connectivity index (χ3v) is 3.70. The van der Waals surface area contributed by atoms with E-state index in [0.29, 0.717) is 6.54 Å². The second-order valence-electron chi connectivity index (χ2n) is 5.37. The number of nitrogens with two attached hydrogens (primary N) is 1. The number of carbonyl (C=O) groups excluding carboxylic acids is 1. The molecule has 0 unspecified atom stereocenters. The summed E-state index contributed by atoms with van der Waals surface area (Å²) in [5.74, 6) is 5.83. The van der Waals surface area contributed by atoms with Crippen molar-refractivity contribution in [2.45, 2.75) is 32.6 Å². The van der Waals surface area contributed by atoms with Gasteiger partial charge in [-0.2, -0.15) is 0 Å². The zero-order valence-electron chi connectivity index (χ0n) is 12.6. The van der Waals surface area contributed by atoms with Crippen molar-refractivity contribution in [1.29, 1.82) is 0 Å². The number of anilines is 1. The normalized spacial score (nSPS) is 14.9.